The third-order valence-corrected chi connectivity index (χ3v) is 2.76. The maximum atomic E-state index is 11.6. The van der Waals surface area contributed by atoms with Crippen LogP contribution in [0.1, 0.15) is 20.3 Å². The molecule has 0 radical (unpaired) electrons. The Morgan fingerprint density at radius 1 is 1.15 bits per heavy atom. The fourth-order valence-corrected chi connectivity index (χ4v) is 1.93. The summed E-state index contributed by atoms with van der Waals surface area (Å²) in [6.07, 6.45) is 0.418. The molecule has 3 heteroatoms. The smallest absolute Gasteiger partial charge is 0.258 e. The van der Waals surface area contributed by atoms with E-state index in [4.69, 9.17) is 0 Å². The number of rotatable bonds is 0. The van der Waals surface area contributed by atoms with Gasteiger partial charge >= 0.3 is 0 Å². The highest BCUT2D eigenvalue weighted by Crippen LogP contribution is 2.37. The van der Waals surface area contributed by atoms with Gasteiger partial charge < -0.3 is 4.90 Å². The van der Waals surface area contributed by atoms with E-state index in [9.17, 15) is 9.59 Å². The van der Waals surface area contributed by atoms with Crippen LogP contribution in [0.5, 0.6) is 0 Å². The SMILES string of the molecule is CC1=C2C(=O)N(C)C(C)=C2C(=O)C1. The van der Waals surface area contributed by atoms with Gasteiger partial charge in [0.05, 0.1) is 5.57 Å². The van der Waals surface area contributed by atoms with Gasteiger partial charge in [-0.05, 0) is 13.8 Å². The minimum absolute atomic E-state index is 0.0316. The summed E-state index contributed by atoms with van der Waals surface area (Å²) in [6, 6.07) is 0. The molecular weight excluding hydrogens is 166 g/mol. The highest BCUT2D eigenvalue weighted by Gasteiger charge is 2.39. The first-order valence-electron chi connectivity index (χ1n) is 4.26. The summed E-state index contributed by atoms with van der Waals surface area (Å²) < 4.78 is 0. The van der Waals surface area contributed by atoms with Gasteiger partial charge in [-0.3, -0.25) is 9.59 Å². The Balaban J connectivity index is 2.66. The molecule has 0 fully saturated rings. The number of carbonyl (C=O) groups is 2. The van der Waals surface area contributed by atoms with E-state index in [1.807, 2.05) is 13.8 Å². The largest absolute Gasteiger partial charge is 0.315 e. The van der Waals surface area contributed by atoms with E-state index in [0.29, 0.717) is 17.6 Å². The van der Waals surface area contributed by atoms with E-state index in [0.717, 1.165) is 11.3 Å². The molecule has 3 nitrogen and oxygen atoms in total. The first kappa shape index (κ1) is 8.23. The Morgan fingerprint density at radius 2 is 1.77 bits per heavy atom. The average Bonchev–Trinajstić information content (AvgIpc) is 2.47. The summed E-state index contributed by atoms with van der Waals surface area (Å²) in [5, 5.41) is 0. The van der Waals surface area contributed by atoms with Crippen molar-refractivity contribution in [3.8, 4) is 0 Å². The van der Waals surface area contributed by atoms with Crippen molar-refractivity contribution in [3.05, 3.63) is 22.4 Å². The van der Waals surface area contributed by atoms with Crippen molar-refractivity contribution in [2.45, 2.75) is 20.3 Å². The van der Waals surface area contributed by atoms with E-state index in [1.165, 1.54) is 0 Å². The lowest BCUT2D eigenvalue weighted by atomic mass is 10.1. The summed E-state index contributed by atoms with van der Waals surface area (Å²) in [5.41, 5.74) is 2.99. The van der Waals surface area contributed by atoms with Crippen molar-refractivity contribution in [1.82, 2.24) is 4.90 Å². The van der Waals surface area contributed by atoms with Gasteiger partial charge in [-0.25, -0.2) is 0 Å². The molecule has 1 amide bonds. The standard InChI is InChI=1S/C10H11NO2/c1-5-4-7(12)9-6(2)11(3)10(13)8(5)9/h4H2,1-3H3. The quantitative estimate of drug-likeness (QED) is 0.554. The molecule has 0 bridgehead atoms. The predicted octanol–water partition coefficient (Wildman–Crippen LogP) is 1.02. The van der Waals surface area contributed by atoms with Crippen LogP contribution in [0.25, 0.3) is 0 Å². The van der Waals surface area contributed by atoms with Gasteiger partial charge in [0.2, 0.25) is 0 Å². The zero-order valence-electron chi connectivity index (χ0n) is 7.97. The average molecular weight is 177 g/mol. The number of ketones is 1. The van der Waals surface area contributed by atoms with E-state index in [2.05, 4.69) is 0 Å². The summed E-state index contributed by atoms with van der Waals surface area (Å²) in [5.74, 6) is 0.0542. The molecular formula is C10H11NO2. The lowest BCUT2D eigenvalue weighted by molar-refractivity contribution is -0.123. The molecule has 68 valence electrons. The van der Waals surface area contributed by atoms with Crippen LogP contribution >= 0.6 is 0 Å². The van der Waals surface area contributed by atoms with Gasteiger partial charge in [0.1, 0.15) is 0 Å². The number of Topliss-reactive ketones (excluding diaryl/α,β-unsaturated/α-hetero) is 1. The van der Waals surface area contributed by atoms with Crippen molar-refractivity contribution in [2.24, 2.45) is 0 Å². The molecule has 0 atom stereocenters. The molecule has 1 aliphatic carbocycles. The molecule has 1 aliphatic heterocycles. The van der Waals surface area contributed by atoms with E-state index < -0.39 is 0 Å². The Bertz CT molecular complexity index is 388. The van der Waals surface area contributed by atoms with Crippen LogP contribution in [0.3, 0.4) is 0 Å². The Morgan fingerprint density at radius 3 is 2.31 bits per heavy atom. The van der Waals surface area contributed by atoms with Crippen LogP contribution in [0.2, 0.25) is 0 Å². The normalized spacial score (nSPS) is 22.2. The van der Waals surface area contributed by atoms with Gasteiger partial charge in [0, 0.05) is 24.7 Å². The third-order valence-electron chi connectivity index (χ3n) is 2.76. The molecule has 2 aliphatic rings. The van der Waals surface area contributed by atoms with Crippen molar-refractivity contribution < 1.29 is 9.59 Å². The zero-order chi connectivity index (χ0) is 9.75. The fraction of sp³-hybridized carbons (Fsp3) is 0.400. The maximum Gasteiger partial charge on any atom is 0.258 e. The molecule has 0 aromatic carbocycles. The number of amides is 1. The minimum atomic E-state index is -0.0316. The minimum Gasteiger partial charge on any atom is -0.315 e. The highest BCUT2D eigenvalue weighted by molar-refractivity contribution is 6.20. The van der Waals surface area contributed by atoms with E-state index in [-0.39, 0.29) is 11.7 Å². The Labute approximate surface area is 76.7 Å². The molecule has 0 unspecified atom stereocenters. The van der Waals surface area contributed by atoms with Crippen LogP contribution in [-0.4, -0.2) is 23.6 Å². The van der Waals surface area contributed by atoms with Crippen molar-refractivity contribution in [1.29, 1.82) is 0 Å². The van der Waals surface area contributed by atoms with Gasteiger partial charge in [-0.2, -0.15) is 0 Å². The van der Waals surface area contributed by atoms with Crippen LogP contribution in [0.4, 0.5) is 0 Å². The second-order valence-corrected chi connectivity index (χ2v) is 3.58. The van der Waals surface area contributed by atoms with Crippen molar-refractivity contribution in [2.75, 3.05) is 7.05 Å². The van der Waals surface area contributed by atoms with Gasteiger partial charge in [-0.15, -0.1) is 0 Å². The molecule has 0 saturated heterocycles. The monoisotopic (exact) mass is 177 g/mol. The first-order valence-corrected chi connectivity index (χ1v) is 4.26. The fourth-order valence-electron chi connectivity index (χ4n) is 1.93. The second kappa shape index (κ2) is 2.31. The van der Waals surface area contributed by atoms with Crippen LogP contribution in [-0.2, 0) is 9.59 Å². The molecule has 13 heavy (non-hydrogen) atoms. The highest BCUT2D eigenvalue weighted by atomic mass is 16.2. The summed E-state index contributed by atoms with van der Waals surface area (Å²) in [4.78, 5) is 24.7. The second-order valence-electron chi connectivity index (χ2n) is 3.58. The number of nitrogens with zero attached hydrogens (tertiary/aromatic N) is 1. The van der Waals surface area contributed by atoms with Crippen LogP contribution in [0, 0.1) is 0 Å². The molecule has 0 aromatic rings. The summed E-state index contributed by atoms with van der Waals surface area (Å²) in [7, 11) is 1.70. The zero-order valence-corrected chi connectivity index (χ0v) is 7.97. The molecule has 1 heterocycles. The summed E-state index contributed by atoms with van der Waals surface area (Å²) >= 11 is 0. The number of likely N-dealkylation sites (N-methyl/N-ethyl adjacent to an activating group) is 1. The van der Waals surface area contributed by atoms with Crippen molar-refractivity contribution in [3.63, 3.8) is 0 Å². The lowest BCUT2D eigenvalue weighted by Crippen LogP contribution is -2.20. The van der Waals surface area contributed by atoms with E-state index >= 15 is 0 Å². The predicted molar refractivity (Wildman–Crippen MR) is 47.8 cm³/mol. The Kier molecular flexibility index (Phi) is 1.46. The summed E-state index contributed by atoms with van der Waals surface area (Å²) in [6.45, 7) is 3.67. The number of fused-ring (bicyclic) bond motifs is 1. The number of hydrogen-bond donors (Lipinski definition) is 0. The topological polar surface area (TPSA) is 37.4 Å². The van der Waals surface area contributed by atoms with Crippen LogP contribution in [0.15, 0.2) is 22.4 Å². The van der Waals surface area contributed by atoms with Crippen molar-refractivity contribution >= 4 is 11.7 Å². The molecule has 0 aromatic heterocycles. The van der Waals surface area contributed by atoms with E-state index in [1.54, 1.807) is 11.9 Å². The first-order chi connectivity index (χ1) is 6.04. The maximum absolute atomic E-state index is 11.6. The van der Waals surface area contributed by atoms with Gasteiger partial charge in [-0.1, -0.05) is 5.57 Å². The molecule has 0 spiro atoms. The third kappa shape index (κ3) is 0.842. The Hall–Kier alpha value is -1.38. The van der Waals surface area contributed by atoms with Gasteiger partial charge in [0.25, 0.3) is 5.91 Å². The molecule has 0 N–H and O–H groups in total. The number of allylic oxidation sites excluding steroid dienone is 2. The number of carbonyl (C=O) groups excluding carboxylic acids is 2. The van der Waals surface area contributed by atoms with Gasteiger partial charge in [0.15, 0.2) is 5.78 Å². The van der Waals surface area contributed by atoms with Crippen LogP contribution < -0.4 is 0 Å². The molecule has 2 rings (SSSR count). The number of hydrogen-bond acceptors (Lipinski definition) is 2. The molecule has 0 saturated carbocycles. The lowest BCUT2D eigenvalue weighted by Gasteiger charge is -2.10.